The summed E-state index contributed by atoms with van der Waals surface area (Å²) >= 11 is 2.04. The predicted molar refractivity (Wildman–Crippen MR) is 151 cm³/mol. The molecule has 4 rings (SSSR count). The van der Waals surface area contributed by atoms with Crippen molar-refractivity contribution in [3.8, 4) is 11.5 Å². The Labute approximate surface area is 237 Å². The highest BCUT2D eigenvalue weighted by Crippen LogP contribution is 2.47. The number of phenolic OH excluding ortho intramolecular Hbond substituents is 1. The average molecular weight is 640 g/mol. The molecule has 1 aromatic rings. The molecule has 2 amide bonds. The lowest BCUT2D eigenvalue weighted by Gasteiger charge is -2.36. The van der Waals surface area contributed by atoms with Crippen molar-refractivity contribution in [1.29, 1.82) is 0 Å². The van der Waals surface area contributed by atoms with Crippen LogP contribution < -0.4 is 4.74 Å². The molecular weight excluding hydrogens is 601 g/mol. The molecule has 3 aliphatic rings. The number of methoxy groups -OCH3 is 1. The number of aliphatic hydroxyl groups is 3. The molecule has 208 valence electrons. The van der Waals surface area contributed by atoms with Crippen LogP contribution in [0.15, 0.2) is 28.9 Å². The Morgan fingerprint density at radius 1 is 1.18 bits per heavy atom. The molecule has 0 aromatic heterocycles. The van der Waals surface area contributed by atoms with Gasteiger partial charge in [0.1, 0.15) is 0 Å². The van der Waals surface area contributed by atoms with Crippen molar-refractivity contribution >= 4 is 40.5 Å². The first-order chi connectivity index (χ1) is 18.2. The summed E-state index contributed by atoms with van der Waals surface area (Å²) in [6.07, 6.45) is 6.84. The number of phenols is 1. The van der Waals surface area contributed by atoms with Crippen molar-refractivity contribution in [3.05, 3.63) is 38.0 Å². The molecule has 4 N–H and O–H groups in total. The van der Waals surface area contributed by atoms with E-state index in [4.69, 9.17) is 4.74 Å². The summed E-state index contributed by atoms with van der Waals surface area (Å²) in [5.41, 5.74) is 2.92. The van der Waals surface area contributed by atoms with Crippen molar-refractivity contribution in [2.45, 2.75) is 70.4 Å². The Kier molecular flexibility index (Phi) is 9.54. The number of aromatic hydroxyl groups is 1. The number of ether oxygens (including phenoxy) is 1. The number of hydrogen-bond donors (Lipinski definition) is 4. The number of fused-ring (bicyclic) bond motifs is 1. The third-order valence-corrected chi connectivity index (χ3v) is 9.22. The number of rotatable bonds is 9. The lowest BCUT2D eigenvalue weighted by molar-refractivity contribution is -0.143. The highest BCUT2D eigenvalue weighted by molar-refractivity contribution is 14.1. The Morgan fingerprint density at radius 2 is 1.89 bits per heavy atom. The topological polar surface area (TPSA) is 128 Å². The predicted octanol–water partition coefficient (Wildman–Crippen LogP) is 3.78. The SMILES string of the molecule is COc1cc(/C=C(\C)CC[C@@H](O)C2=C(CO)C[C@H]3C(=O)N(C4CCCCC4)C(=O)[C@H]3[C@H]2CO)cc(I)c1O. The average Bonchev–Trinajstić information content (AvgIpc) is 3.17. The summed E-state index contributed by atoms with van der Waals surface area (Å²) in [6.45, 7) is 1.26. The van der Waals surface area contributed by atoms with E-state index in [9.17, 15) is 30.0 Å². The Morgan fingerprint density at radius 3 is 2.53 bits per heavy atom. The molecule has 1 aliphatic heterocycles. The van der Waals surface area contributed by atoms with E-state index in [0.29, 0.717) is 33.3 Å². The summed E-state index contributed by atoms with van der Waals surface area (Å²) in [6, 6.07) is 3.50. The van der Waals surface area contributed by atoms with E-state index in [0.717, 1.165) is 43.2 Å². The summed E-state index contributed by atoms with van der Waals surface area (Å²) in [7, 11) is 1.50. The summed E-state index contributed by atoms with van der Waals surface area (Å²) < 4.78 is 5.90. The summed E-state index contributed by atoms with van der Waals surface area (Å²) in [5, 5.41) is 41.9. The number of nitrogens with zero attached hydrogens (tertiary/aromatic N) is 1. The number of carbonyl (C=O) groups excluding carboxylic acids is 2. The standard InChI is InChI=1S/C29H38INO7/c1-16(10-17-11-22(30)27(35)24(12-17)38-2)8-9-23(34)25-18(14-32)13-20-26(21(25)15-33)29(37)31(28(20)36)19-6-4-3-5-7-19/h10-12,19-21,23,26,32-35H,3-9,13-15H2,1-2H3/b16-10+/t20-,21+,23-,26-/m1/s1. The molecule has 1 saturated heterocycles. The van der Waals surface area contributed by atoms with Crippen molar-refractivity contribution in [2.75, 3.05) is 20.3 Å². The number of benzene rings is 1. The number of allylic oxidation sites excluding steroid dienone is 1. The minimum atomic E-state index is -0.959. The van der Waals surface area contributed by atoms with Gasteiger partial charge in [-0.05, 0) is 90.5 Å². The largest absolute Gasteiger partial charge is 0.504 e. The molecule has 4 atom stereocenters. The highest BCUT2D eigenvalue weighted by atomic mass is 127. The fourth-order valence-corrected chi connectivity index (χ4v) is 7.16. The van der Waals surface area contributed by atoms with Crippen LogP contribution >= 0.6 is 22.6 Å². The van der Waals surface area contributed by atoms with Crippen LogP contribution in [0.1, 0.15) is 63.9 Å². The van der Waals surface area contributed by atoms with Crippen molar-refractivity contribution in [1.82, 2.24) is 4.90 Å². The number of aliphatic hydroxyl groups excluding tert-OH is 3. The van der Waals surface area contributed by atoms with E-state index in [2.05, 4.69) is 0 Å². The Bertz CT molecular complexity index is 1120. The first kappa shape index (κ1) is 29.0. The van der Waals surface area contributed by atoms with Crippen molar-refractivity contribution in [2.24, 2.45) is 17.8 Å². The second-order valence-corrected chi connectivity index (χ2v) is 11.9. The van der Waals surface area contributed by atoms with Crippen molar-refractivity contribution < 1.29 is 34.8 Å². The zero-order chi connectivity index (χ0) is 27.6. The first-order valence-electron chi connectivity index (χ1n) is 13.4. The van der Waals surface area contributed by atoms with Gasteiger partial charge in [-0.2, -0.15) is 0 Å². The molecule has 1 saturated carbocycles. The van der Waals surface area contributed by atoms with E-state index < -0.39 is 23.9 Å². The molecule has 38 heavy (non-hydrogen) atoms. The van der Waals surface area contributed by atoms with Gasteiger partial charge in [-0.25, -0.2) is 0 Å². The smallest absolute Gasteiger partial charge is 0.234 e. The van der Waals surface area contributed by atoms with Gasteiger partial charge in [-0.15, -0.1) is 0 Å². The van der Waals surface area contributed by atoms with Gasteiger partial charge in [0, 0.05) is 12.0 Å². The van der Waals surface area contributed by atoms with Crippen LogP contribution in [0.4, 0.5) is 0 Å². The monoisotopic (exact) mass is 639 g/mol. The third-order valence-electron chi connectivity index (χ3n) is 8.40. The molecule has 1 aromatic carbocycles. The van der Waals surface area contributed by atoms with E-state index in [1.807, 2.05) is 41.7 Å². The maximum Gasteiger partial charge on any atom is 0.234 e. The minimum Gasteiger partial charge on any atom is -0.504 e. The van der Waals surface area contributed by atoms with E-state index in [-0.39, 0.29) is 43.2 Å². The molecule has 2 fully saturated rings. The molecule has 0 bridgehead atoms. The van der Waals surface area contributed by atoms with Crippen LogP contribution in [0.5, 0.6) is 11.5 Å². The third kappa shape index (κ3) is 5.66. The van der Waals surface area contributed by atoms with Crippen molar-refractivity contribution in [3.63, 3.8) is 0 Å². The molecule has 0 radical (unpaired) electrons. The fraction of sp³-hybridized carbons (Fsp3) is 0.586. The lowest BCUT2D eigenvalue weighted by atomic mass is 9.68. The van der Waals surface area contributed by atoms with Crippen LogP contribution in [0.3, 0.4) is 0 Å². The van der Waals surface area contributed by atoms with Gasteiger partial charge in [0.25, 0.3) is 0 Å². The number of halogens is 1. The van der Waals surface area contributed by atoms with Crippen LogP contribution in [0, 0.1) is 21.3 Å². The molecular formula is C29H38INO7. The molecule has 2 aliphatic carbocycles. The molecule has 0 unspecified atom stereocenters. The molecule has 9 heteroatoms. The highest BCUT2D eigenvalue weighted by Gasteiger charge is 2.56. The van der Waals surface area contributed by atoms with Gasteiger partial charge in [0.2, 0.25) is 11.8 Å². The van der Waals surface area contributed by atoms with Crippen LogP contribution in [-0.2, 0) is 9.59 Å². The molecule has 8 nitrogen and oxygen atoms in total. The fourth-order valence-electron chi connectivity index (χ4n) is 6.54. The van der Waals surface area contributed by atoms with Crippen LogP contribution in [-0.4, -0.2) is 69.6 Å². The van der Waals surface area contributed by atoms with E-state index in [1.165, 1.54) is 12.0 Å². The Balaban J connectivity index is 1.52. The normalized spacial score (nSPS) is 25.7. The van der Waals surface area contributed by atoms with E-state index >= 15 is 0 Å². The molecule has 0 spiro atoms. The quantitative estimate of drug-likeness (QED) is 0.184. The zero-order valence-corrected chi connectivity index (χ0v) is 24.2. The maximum absolute atomic E-state index is 13.5. The maximum atomic E-state index is 13.5. The van der Waals surface area contributed by atoms with Gasteiger partial charge in [-0.3, -0.25) is 14.5 Å². The van der Waals surface area contributed by atoms with Gasteiger partial charge in [0.15, 0.2) is 11.5 Å². The second-order valence-electron chi connectivity index (χ2n) is 10.8. The summed E-state index contributed by atoms with van der Waals surface area (Å²) in [5.74, 6) is -1.93. The lowest BCUT2D eigenvalue weighted by Crippen LogP contribution is -2.42. The number of amides is 2. The number of hydrogen-bond acceptors (Lipinski definition) is 7. The number of imide groups is 1. The van der Waals surface area contributed by atoms with Crippen LogP contribution in [0.2, 0.25) is 0 Å². The Hall–Kier alpha value is -1.95. The number of likely N-dealkylation sites (tertiary alicyclic amines) is 1. The molecule has 1 heterocycles. The van der Waals surface area contributed by atoms with E-state index in [1.54, 1.807) is 6.07 Å². The van der Waals surface area contributed by atoms with Gasteiger partial charge in [-0.1, -0.05) is 30.9 Å². The number of carbonyl (C=O) groups is 2. The zero-order valence-electron chi connectivity index (χ0n) is 22.0. The van der Waals surface area contributed by atoms with Gasteiger partial charge >= 0.3 is 0 Å². The first-order valence-corrected chi connectivity index (χ1v) is 14.5. The summed E-state index contributed by atoms with van der Waals surface area (Å²) in [4.78, 5) is 28.3. The van der Waals surface area contributed by atoms with Crippen LogP contribution in [0.25, 0.3) is 6.08 Å². The van der Waals surface area contributed by atoms with Gasteiger partial charge in [0.05, 0.1) is 41.8 Å². The van der Waals surface area contributed by atoms with Gasteiger partial charge < -0.3 is 25.2 Å². The second kappa shape index (κ2) is 12.5. The minimum absolute atomic E-state index is 0.0889.